The van der Waals surface area contributed by atoms with Gasteiger partial charge in [0, 0.05) is 12.7 Å². The van der Waals surface area contributed by atoms with E-state index >= 15 is 0 Å². The molecule has 0 amide bonds. The van der Waals surface area contributed by atoms with Gasteiger partial charge < -0.3 is 19.3 Å². The van der Waals surface area contributed by atoms with Gasteiger partial charge in [0.15, 0.2) is 11.5 Å². The molecule has 1 aromatic carbocycles. The van der Waals surface area contributed by atoms with Crippen LogP contribution in [0.1, 0.15) is 15.4 Å². The number of aromatic carboxylic acids is 1. The molecule has 0 radical (unpaired) electrons. The van der Waals surface area contributed by atoms with Crippen molar-refractivity contribution in [2.24, 2.45) is 0 Å². The summed E-state index contributed by atoms with van der Waals surface area (Å²) in [6, 6.07) is 3.41. The van der Waals surface area contributed by atoms with E-state index < -0.39 is 5.97 Å². The maximum atomic E-state index is 11.2. The van der Waals surface area contributed by atoms with Crippen LogP contribution < -0.4 is 9.47 Å². The van der Waals surface area contributed by atoms with Gasteiger partial charge in [0.05, 0.1) is 17.3 Å². The first-order chi connectivity index (χ1) is 10.1. The second kappa shape index (κ2) is 5.51. The topological polar surface area (TPSA) is 77.9 Å². The van der Waals surface area contributed by atoms with Gasteiger partial charge in [0.25, 0.3) is 0 Å². The smallest absolute Gasteiger partial charge is 0.347 e. The molecule has 0 unspecified atom stereocenters. The van der Waals surface area contributed by atoms with E-state index in [1.54, 1.807) is 12.1 Å². The number of thiazole rings is 1. The third kappa shape index (κ3) is 2.55. The van der Waals surface area contributed by atoms with Crippen LogP contribution in [-0.4, -0.2) is 30.0 Å². The molecule has 6 nitrogen and oxygen atoms in total. The Kier molecular flexibility index (Phi) is 3.71. The molecule has 0 atom stereocenters. The molecule has 0 bridgehead atoms. The number of hydrogen-bond acceptors (Lipinski definition) is 6. The van der Waals surface area contributed by atoms with Crippen LogP contribution >= 0.6 is 22.9 Å². The quantitative estimate of drug-likeness (QED) is 0.930. The van der Waals surface area contributed by atoms with Crippen molar-refractivity contribution < 1.29 is 24.1 Å². The van der Waals surface area contributed by atoms with Gasteiger partial charge in [-0.3, -0.25) is 0 Å². The Morgan fingerprint density at radius 3 is 3.05 bits per heavy atom. The normalized spacial score (nSPS) is 12.7. The number of carboxylic acid groups (broad SMARTS) is 1. The van der Waals surface area contributed by atoms with Crippen molar-refractivity contribution in [1.82, 2.24) is 4.98 Å². The Bertz CT molecular complexity index is 715. The minimum atomic E-state index is -1.03. The SMILES string of the molecule is COCc1nc(-c2cc(Cl)c3c(c2)OCO3)sc1C(=O)O. The standard InChI is InChI=1S/C13H10ClNO5S/c1-18-4-8-11(13(16)17)21-12(15-8)6-2-7(14)10-9(3-6)19-5-20-10/h2-3H,4-5H2,1H3,(H,16,17). The minimum Gasteiger partial charge on any atom is -0.477 e. The van der Waals surface area contributed by atoms with E-state index in [4.69, 9.17) is 25.8 Å². The van der Waals surface area contributed by atoms with Crippen LogP contribution in [0.5, 0.6) is 11.5 Å². The molecule has 2 aromatic rings. The fourth-order valence-electron chi connectivity index (χ4n) is 1.97. The highest BCUT2D eigenvalue weighted by molar-refractivity contribution is 7.17. The lowest BCUT2D eigenvalue weighted by Gasteiger charge is -2.02. The average molecular weight is 328 g/mol. The summed E-state index contributed by atoms with van der Waals surface area (Å²) in [5.41, 5.74) is 1.07. The molecular weight excluding hydrogens is 318 g/mol. The number of halogens is 1. The monoisotopic (exact) mass is 327 g/mol. The van der Waals surface area contributed by atoms with E-state index in [1.165, 1.54) is 7.11 Å². The summed E-state index contributed by atoms with van der Waals surface area (Å²) in [6.45, 7) is 0.252. The summed E-state index contributed by atoms with van der Waals surface area (Å²) in [7, 11) is 1.49. The second-order valence-electron chi connectivity index (χ2n) is 4.22. The van der Waals surface area contributed by atoms with E-state index in [-0.39, 0.29) is 18.3 Å². The molecule has 0 spiro atoms. The largest absolute Gasteiger partial charge is 0.477 e. The summed E-state index contributed by atoms with van der Waals surface area (Å²) < 4.78 is 15.5. The molecule has 1 N–H and O–H groups in total. The molecule has 0 fully saturated rings. The molecule has 8 heteroatoms. The number of carbonyl (C=O) groups is 1. The molecule has 1 aliphatic heterocycles. The zero-order valence-corrected chi connectivity index (χ0v) is 12.5. The van der Waals surface area contributed by atoms with E-state index in [0.717, 1.165) is 11.3 Å². The third-order valence-corrected chi connectivity index (χ3v) is 4.26. The summed E-state index contributed by atoms with van der Waals surface area (Å²) in [5, 5.41) is 10.2. The van der Waals surface area contributed by atoms with E-state index in [1.807, 2.05) is 0 Å². The van der Waals surface area contributed by atoms with Gasteiger partial charge in [-0.25, -0.2) is 9.78 Å². The van der Waals surface area contributed by atoms with E-state index in [0.29, 0.717) is 32.8 Å². The second-order valence-corrected chi connectivity index (χ2v) is 5.63. The molecule has 0 saturated carbocycles. The number of nitrogens with zero attached hydrogens (tertiary/aromatic N) is 1. The molecule has 110 valence electrons. The number of fused-ring (bicyclic) bond motifs is 1. The van der Waals surface area contributed by atoms with Crippen molar-refractivity contribution in [3.63, 3.8) is 0 Å². The van der Waals surface area contributed by atoms with Crippen LogP contribution in [0.3, 0.4) is 0 Å². The Labute approximate surface area is 128 Å². The number of aromatic nitrogens is 1. The van der Waals surface area contributed by atoms with Gasteiger partial charge in [-0.2, -0.15) is 0 Å². The first kappa shape index (κ1) is 14.1. The molecular formula is C13H10ClNO5S. The van der Waals surface area contributed by atoms with Crippen molar-refractivity contribution >= 4 is 28.9 Å². The van der Waals surface area contributed by atoms with Gasteiger partial charge in [0.1, 0.15) is 9.88 Å². The highest BCUT2D eigenvalue weighted by Crippen LogP contribution is 2.43. The van der Waals surface area contributed by atoms with Crippen LogP contribution in [0.4, 0.5) is 0 Å². The number of ether oxygens (including phenoxy) is 3. The fraction of sp³-hybridized carbons (Fsp3) is 0.231. The summed E-state index contributed by atoms with van der Waals surface area (Å²) in [6.07, 6.45) is 0. The zero-order valence-electron chi connectivity index (χ0n) is 10.9. The summed E-state index contributed by atoms with van der Waals surface area (Å²) >= 11 is 7.19. The highest BCUT2D eigenvalue weighted by Gasteiger charge is 2.22. The molecule has 1 aliphatic rings. The first-order valence-electron chi connectivity index (χ1n) is 5.91. The maximum absolute atomic E-state index is 11.2. The van der Waals surface area contributed by atoms with Crippen LogP contribution in [0.2, 0.25) is 5.02 Å². The number of benzene rings is 1. The van der Waals surface area contributed by atoms with Crippen LogP contribution in [-0.2, 0) is 11.3 Å². The van der Waals surface area contributed by atoms with Gasteiger partial charge >= 0.3 is 5.97 Å². The lowest BCUT2D eigenvalue weighted by Crippen LogP contribution is -1.99. The van der Waals surface area contributed by atoms with Crippen molar-refractivity contribution in [2.45, 2.75) is 6.61 Å². The number of hydrogen-bond donors (Lipinski definition) is 1. The lowest BCUT2D eigenvalue weighted by atomic mass is 10.2. The van der Waals surface area contributed by atoms with Crippen molar-refractivity contribution in [1.29, 1.82) is 0 Å². The molecule has 0 saturated heterocycles. The Morgan fingerprint density at radius 1 is 1.52 bits per heavy atom. The first-order valence-corrected chi connectivity index (χ1v) is 7.11. The van der Waals surface area contributed by atoms with Gasteiger partial charge in [-0.1, -0.05) is 11.6 Å². The van der Waals surface area contributed by atoms with E-state index in [9.17, 15) is 9.90 Å². The van der Waals surface area contributed by atoms with Crippen molar-refractivity contribution in [3.8, 4) is 22.1 Å². The maximum Gasteiger partial charge on any atom is 0.347 e. The third-order valence-electron chi connectivity index (χ3n) is 2.85. The Morgan fingerprint density at radius 2 is 2.33 bits per heavy atom. The summed E-state index contributed by atoms with van der Waals surface area (Å²) in [4.78, 5) is 15.7. The Hall–Kier alpha value is -1.83. The fourth-order valence-corrected chi connectivity index (χ4v) is 3.13. The number of methoxy groups -OCH3 is 1. The van der Waals surface area contributed by atoms with Gasteiger partial charge in [-0.05, 0) is 12.1 Å². The predicted molar refractivity (Wildman–Crippen MR) is 76.4 cm³/mol. The minimum absolute atomic E-state index is 0.117. The van der Waals surface area contributed by atoms with Crippen molar-refractivity contribution in [3.05, 3.63) is 27.7 Å². The molecule has 1 aromatic heterocycles. The lowest BCUT2D eigenvalue weighted by molar-refractivity contribution is 0.0697. The Balaban J connectivity index is 2.06. The zero-order chi connectivity index (χ0) is 15.0. The molecule has 2 heterocycles. The van der Waals surface area contributed by atoms with Gasteiger partial charge in [0.2, 0.25) is 6.79 Å². The predicted octanol–water partition coefficient (Wildman–Crippen LogP) is 3.04. The molecule has 0 aliphatic carbocycles. The number of rotatable bonds is 4. The highest BCUT2D eigenvalue weighted by atomic mass is 35.5. The van der Waals surface area contributed by atoms with Crippen LogP contribution in [0, 0.1) is 0 Å². The molecule has 21 heavy (non-hydrogen) atoms. The van der Waals surface area contributed by atoms with E-state index in [2.05, 4.69) is 4.98 Å². The van der Waals surface area contributed by atoms with Gasteiger partial charge in [-0.15, -0.1) is 11.3 Å². The summed E-state index contributed by atoms with van der Waals surface area (Å²) in [5.74, 6) is -0.0111. The number of carboxylic acids is 1. The molecule has 3 rings (SSSR count). The van der Waals surface area contributed by atoms with Crippen molar-refractivity contribution in [2.75, 3.05) is 13.9 Å². The van der Waals surface area contributed by atoms with Crippen LogP contribution in [0.15, 0.2) is 12.1 Å². The average Bonchev–Trinajstić information content (AvgIpc) is 3.05. The van der Waals surface area contributed by atoms with Crippen LogP contribution in [0.25, 0.3) is 10.6 Å².